The summed E-state index contributed by atoms with van der Waals surface area (Å²) in [4.78, 5) is 14.0. The first kappa shape index (κ1) is 39.9. The number of ether oxygens (including phenoxy) is 6. The van der Waals surface area contributed by atoms with Gasteiger partial charge in [-0.15, -0.1) is 0 Å². The minimum absolute atomic E-state index is 0.0925. The molecule has 54 heavy (non-hydrogen) atoms. The van der Waals surface area contributed by atoms with E-state index in [9.17, 15) is 71.2 Å². The van der Waals surface area contributed by atoms with Gasteiger partial charge in [-0.3, -0.25) is 4.79 Å². The van der Waals surface area contributed by atoms with E-state index in [0.29, 0.717) is 0 Å². The van der Waals surface area contributed by atoms with Crippen molar-refractivity contribution in [3.05, 3.63) is 46.6 Å². The molecule has 21 nitrogen and oxygen atoms in total. The second kappa shape index (κ2) is 16.2. The summed E-state index contributed by atoms with van der Waals surface area (Å²) in [5.74, 6) is -2.30. The molecule has 13 N–H and O–H groups in total. The molecule has 3 aliphatic heterocycles. The summed E-state index contributed by atoms with van der Waals surface area (Å²) < 4.78 is 39.2. The normalized spacial score (nSPS) is 37.3. The molecule has 0 aliphatic carbocycles. The predicted octanol–water partition coefficient (Wildman–Crippen LogP) is -4.95. The van der Waals surface area contributed by atoms with Crippen molar-refractivity contribution in [3.63, 3.8) is 0 Å². The average molecular weight is 773 g/mol. The van der Waals surface area contributed by atoms with Crippen molar-refractivity contribution in [2.75, 3.05) is 19.8 Å². The maximum absolute atomic E-state index is 14.0. The smallest absolute Gasteiger partial charge is 0.239 e. The maximum atomic E-state index is 14.0. The second-order valence-electron chi connectivity index (χ2n) is 12.9. The number of phenolic OH excluding ortho intramolecular Hbond substituents is 2. The molecule has 3 fully saturated rings. The van der Waals surface area contributed by atoms with Gasteiger partial charge in [0.15, 0.2) is 12.1 Å². The molecule has 2 aromatic carbocycles. The van der Waals surface area contributed by atoms with Crippen LogP contribution in [0.5, 0.6) is 23.0 Å². The van der Waals surface area contributed by atoms with Crippen LogP contribution in [0.1, 0.15) is 0 Å². The molecule has 0 spiro atoms. The summed E-state index contributed by atoms with van der Waals surface area (Å²) in [5.41, 5.74) is -1.32. The van der Waals surface area contributed by atoms with E-state index < -0.39 is 134 Å². The molecule has 0 amide bonds. The van der Waals surface area contributed by atoms with Crippen molar-refractivity contribution in [3.8, 4) is 34.3 Å². The first-order valence-corrected chi connectivity index (χ1v) is 16.5. The molecule has 1 aromatic heterocycles. The first-order valence-electron chi connectivity index (χ1n) is 16.5. The van der Waals surface area contributed by atoms with Crippen LogP contribution in [-0.4, -0.2) is 178 Å². The number of fused-ring (bicyclic) bond motifs is 1. The summed E-state index contributed by atoms with van der Waals surface area (Å²) in [6.45, 7) is -2.46. The lowest BCUT2D eigenvalue weighted by atomic mass is 9.97. The molecular formula is C33H40O21. The fourth-order valence-electron chi connectivity index (χ4n) is 6.30. The van der Waals surface area contributed by atoms with E-state index in [-0.39, 0.29) is 28.4 Å². The molecule has 3 aromatic rings. The van der Waals surface area contributed by atoms with Gasteiger partial charge < -0.3 is 99.2 Å². The van der Waals surface area contributed by atoms with Crippen LogP contribution >= 0.6 is 0 Å². The molecule has 4 heterocycles. The van der Waals surface area contributed by atoms with Gasteiger partial charge in [-0.1, -0.05) is 0 Å². The van der Waals surface area contributed by atoms with E-state index in [0.717, 1.165) is 12.1 Å². The number of aliphatic hydroxyl groups is 11. The molecule has 0 bridgehead atoms. The highest BCUT2D eigenvalue weighted by Crippen LogP contribution is 2.39. The number of aliphatic hydroxyl groups excluding tert-OH is 11. The standard InChI is InChI=1S/C33H40O21/c34-7-15-19(39)22(42)25(45)31(50-15)48-12-5-13(38)18-14(6-12)49-28(10-1-3-11(37)4-2-10)30(21(18)41)54-33-27(47)24(44)29(17(9-36)52-33)53-32-26(46)23(43)20(40)16(8-35)51-32/h1-6,15-17,19-20,22-27,29,31-40,42-47H,7-9H2/t15-,16-,17-,19-,20-,22+,23+,24-,25-,26-,27-,29-,31-,32+,33+/m1/s1. The van der Waals surface area contributed by atoms with Crippen molar-refractivity contribution in [1.82, 2.24) is 0 Å². The van der Waals surface area contributed by atoms with Gasteiger partial charge in [-0.05, 0) is 24.3 Å². The lowest BCUT2D eigenvalue weighted by Crippen LogP contribution is -2.65. The Bertz CT molecular complexity index is 1800. The highest BCUT2D eigenvalue weighted by Gasteiger charge is 2.51. The van der Waals surface area contributed by atoms with Crippen LogP contribution in [0.3, 0.4) is 0 Å². The van der Waals surface area contributed by atoms with E-state index in [1.807, 2.05) is 0 Å². The van der Waals surface area contributed by atoms with Crippen molar-refractivity contribution in [2.45, 2.75) is 92.1 Å². The molecule has 298 valence electrons. The number of hydrogen-bond acceptors (Lipinski definition) is 21. The van der Waals surface area contributed by atoms with Crippen molar-refractivity contribution < 1.29 is 99.2 Å². The van der Waals surface area contributed by atoms with Crippen LogP contribution in [-0.2, 0) is 18.9 Å². The molecule has 3 aliphatic rings. The number of rotatable bonds is 10. The zero-order valence-electron chi connectivity index (χ0n) is 27.8. The minimum Gasteiger partial charge on any atom is -0.508 e. The largest absolute Gasteiger partial charge is 0.508 e. The predicted molar refractivity (Wildman–Crippen MR) is 173 cm³/mol. The molecule has 6 rings (SSSR count). The fraction of sp³-hybridized carbons (Fsp3) is 0.545. The van der Waals surface area contributed by atoms with Gasteiger partial charge in [-0.2, -0.15) is 0 Å². The van der Waals surface area contributed by atoms with Gasteiger partial charge in [-0.25, -0.2) is 0 Å². The topological polar surface area (TPSA) is 349 Å². The highest BCUT2D eigenvalue weighted by molar-refractivity contribution is 5.88. The molecule has 0 unspecified atom stereocenters. The van der Waals surface area contributed by atoms with E-state index in [2.05, 4.69) is 0 Å². The Hall–Kier alpha value is -3.75. The summed E-state index contributed by atoms with van der Waals surface area (Å²) in [5, 5.41) is 133. The van der Waals surface area contributed by atoms with E-state index in [1.54, 1.807) is 0 Å². The van der Waals surface area contributed by atoms with Gasteiger partial charge in [0.05, 0.1) is 19.8 Å². The van der Waals surface area contributed by atoms with Crippen LogP contribution in [0.4, 0.5) is 0 Å². The van der Waals surface area contributed by atoms with Crippen molar-refractivity contribution >= 4 is 11.0 Å². The molecule has 21 heteroatoms. The Labute approximate surface area is 303 Å². The SMILES string of the molecule is O=c1c(O[C@@H]2O[C@H](CO)[C@@H](O[C@@H]3O[C@H](CO)[C@@H](O)[C@H](O)[C@H]3O)[C@H](O)[C@H]2O)c(-c2ccc(O)cc2)oc2cc(O[C@@H]3O[C@H](CO)[C@@H](O)[C@H](O)[C@H]3O)cc(O)c12. The van der Waals surface area contributed by atoms with Gasteiger partial charge in [0.25, 0.3) is 0 Å². The molecular weight excluding hydrogens is 732 g/mol. The number of benzene rings is 2. The lowest BCUT2D eigenvalue weighted by molar-refractivity contribution is -0.352. The quantitative estimate of drug-likeness (QED) is 0.0918. The Morgan fingerprint density at radius 1 is 0.593 bits per heavy atom. The van der Waals surface area contributed by atoms with Crippen LogP contribution in [0, 0.1) is 0 Å². The van der Waals surface area contributed by atoms with Crippen LogP contribution in [0.15, 0.2) is 45.6 Å². The zero-order valence-corrected chi connectivity index (χ0v) is 27.8. The van der Waals surface area contributed by atoms with Gasteiger partial charge in [0.2, 0.25) is 23.8 Å². The molecule has 15 atom stereocenters. The lowest BCUT2D eigenvalue weighted by Gasteiger charge is -2.45. The van der Waals surface area contributed by atoms with E-state index in [4.69, 9.17) is 32.8 Å². The van der Waals surface area contributed by atoms with Crippen molar-refractivity contribution in [1.29, 1.82) is 0 Å². The van der Waals surface area contributed by atoms with Crippen LogP contribution in [0.2, 0.25) is 0 Å². The minimum atomic E-state index is -2.08. The summed E-state index contributed by atoms with van der Waals surface area (Å²) in [6, 6.07) is 7.12. The molecule has 3 saturated heterocycles. The summed E-state index contributed by atoms with van der Waals surface area (Å²) in [6.07, 6.45) is -26.3. The second-order valence-corrected chi connectivity index (χ2v) is 12.9. The zero-order chi connectivity index (χ0) is 39.2. The summed E-state index contributed by atoms with van der Waals surface area (Å²) in [7, 11) is 0. The maximum Gasteiger partial charge on any atom is 0.239 e. The third-order valence-corrected chi connectivity index (χ3v) is 9.33. The van der Waals surface area contributed by atoms with Crippen molar-refractivity contribution in [2.24, 2.45) is 0 Å². The van der Waals surface area contributed by atoms with E-state index in [1.165, 1.54) is 24.3 Å². The van der Waals surface area contributed by atoms with Crippen LogP contribution < -0.4 is 14.9 Å². The first-order chi connectivity index (χ1) is 25.7. The summed E-state index contributed by atoms with van der Waals surface area (Å²) >= 11 is 0. The average Bonchev–Trinajstić information content (AvgIpc) is 3.15. The molecule has 0 saturated carbocycles. The highest BCUT2D eigenvalue weighted by atomic mass is 16.7. The van der Waals surface area contributed by atoms with Crippen LogP contribution in [0.25, 0.3) is 22.3 Å². The van der Waals surface area contributed by atoms with E-state index >= 15 is 0 Å². The Kier molecular flexibility index (Phi) is 11.9. The van der Waals surface area contributed by atoms with Gasteiger partial charge in [0.1, 0.15) is 101 Å². The molecule has 0 radical (unpaired) electrons. The monoisotopic (exact) mass is 772 g/mol. The Morgan fingerprint density at radius 2 is 1.11 bits per heavy atom. The van der Waals surface area contributed by atoms with Gasteiger partial charge in [0, 0.05) is 17.7 Å². The fourth-order valence-corrected chi connectivity index (χ4v) is 6.30. The number of hydrogen-bond donors (Lipinski definition) is 13. The third-order valence-electron chi connectivity index (χ3n) is 9.33. The Balaban J connectivity index is 1.32. The number of phenols is 2. The Morgan fingerprint density at radius 3 is 1.70 bits per heavy atom. The number of aromatic hydroxyl groups is 2. The third kappa shape index (κ3) is 7.45. The van der Waals surface area contributed by atoms with Gasteiger partial charge >= 0.3 is 0 Å².